The Hall–Kier alpha value is -1.73. The van der Waals surface area contributed by atoms with Crippen LogP contribution >= 0.6 is 11.8 Å². The second kappa shape index (κ2) is 6.80. The first-order chi connectivity index (χ1) is 11.1. The Balaban J connectivity index is 1.68. The molecular formula is C16H22N4O2S. The van der Waals surface area contributed by atoms with E-state index in [-0.39, 0.29) is 17.6 Å². The van der Waals surface area contributed by atoms with Crippen LogP contribution in [-0.2, 0) is 4.79 Å². The van der Waals surface area contributed by atoms with Gasteiger partial charge in [0, 0.05) is 29.8 Å². The molecule has 0 unspecified atom stereocenters. The van der Waals surface area contributed by atoms with Crippen LogP contribution in [0.15, 0.2) is 23.0 Å². The smallest absolute Gasteiger partial charge is 0.323 e. The molecule has 0 bridgehead atoms. The van der Waals surface area contributed by atoms with E-state index in [4.69, 9.17) is 0 Å². The van der Waals surface area contributed by atoms with Crippen LogP contribution in [0.3, 0.4) is 0 Å². The molecule has 23 heavy (non-hydrogen) atoms. The molecule has 1 saturated heterocycles. The highest BCUT2D eigenvalue weighted by atomic mass is 32.2. The van der Waals surface area contributed by atoms with Crippen LogP contribution in [0.1, 0.15) is 20.3 Å². The first-order valence-corrected chi connectivity index (χ1v) is 9.00. The van der Waals surface area contributed by atoms with Crippen LogP contribution in [0.4, 0.5) is 5.69 Å². The molecule has 124 valence electrons. The number of carbonyl (C=O) groups excluding carboxylic acids is 1. The summed E-state index contributed by atoms with van der Waals surface area (Å²) in [6, 6.07) is 5.21. The fourth-order valence-electron chi connectivity index (χ4n) is 2.86. The number of benzene rings is 1. The Morgan fingerprint density at radius 2 is 2.22 bits per heavy atom. The van der Waals surface area contributed by atoms with Crippen molar-refractivity contribution >= 4 is 34.4 Å². The second-order valence-electron chi connectivity index (χ2n) is 5.90. The van der Waals surface area contributed by atoms with Gasteiger partial charge in [-0.15, -0.1) is 0 Å². The molecule has 2 atom stereocenters. The molecule has 1 amide bonds. The third-order valence-corrected chi connectivity index (χ3v) is 5.71. The van der Waals surface area contributed by atoms with E-state index in [0.717, 1.165) is 30.8 Å². The number of aromatic nitrogens is 2. The number of hydrogen-bond acceptors (Lipinski definition) is 4. The standard InChI is InChI=1S/C16H22N4O2S/c1-3-12-9-20(6-7-23-12)10(2)15(21)17-11-4-5-13-14(8-11)19-16(22)18-13/h4-5,8,10,12H,3,6-7,9H2,1-2H3,(H,17,21)(H2,18,19,22)/t10-,12+/m0/s1. The predicted molar refractivity (Wildman–Crippen MR) is 95.1 cm³/mol. The van der Waals surface area contributed by atoms with Gasteiger partial charge in [0.1, 0.15) is 0 Å². The number of rotatable bonds is 4. The van der Waals surface area contributed by atoms with Gasteiger partial charge in [0.15, 0.2) is 0 Å². The van der Waals surface area contributed by atoms with E-state index in [9.17, 15) is 9.59 Å². The van der Waals surface area contributed by atoms with Crippen LogP contribution in [-0.4, -0.2) is 50.9 Å². The molecule has 2 aromatic rings. The number of fused-ring (bicyclic) bond motifs is 1. The van der Waals surface area contributed by atoms with Crippen LogP contribution in [0.25, 0.3) is 11.0 Å². The molecule has 1 aliphatic rings. The van der Waals surface area contributed by atoms with Crippen LogP contribution in [0, 0.1) is 0 Å². The summed E-state index contributed by atoms with van der Waals surface area (Å²) in [7, 11) is 0. The van der Waals surface area contributed by atoms with Crippen molar-refractivity contribution in [1.82, 2.24) is 14.9 Å². The molecule has 1 aliphatic heterocycles. The zero-order chi connectivity index (χ0) is 16.4. The van der Waals surface area contributed by atoms with E-state index in [1.54, 1.807) is 18.2 Å². The number of H-pyrrole nitrogens is 2. The van der Waals surface area contributed by atoms with Crippen molar-refractivity contribution in [2.24, 2.45) is 0 Å². The van der Waals surface area contributed by atoms with Crippen molar-refractivity contribution in [3.8, 4) is 0 Å². The molecular weight excluding hydrogens is 312 g/mol. The maximum absolute atomic E-state index is 12.5. The molecule has 3 N–H and O–H groups in total. The average molecular weight is 334 g/mol. The zero-order valence-electron chi connectivity index (χ0n) is 13.4. The second-order valence-corrected chi connectivity index (χ2v) is 7.31. The van der Waals surface area contributed by atoms with Crippen molar-refractivity contribution in [2.45, 2.75) is 31.6 Å². The van der Waals surface area contributed by atoms with E-state index in [1.165, 1.54) is 0 Å². The summed E-state index contributed by atoms with van der Waals surface area (Å²) in [6.07, 6.45) is 1.13. The van der Waals surface area contributed by atoms with Gasteiger partial charge in [-0.25, -0.2) is 4.79 Å². The first-order valence-electron chi connectivity index (χ1n) is 7.95. The van der Waals surface area contributed by atoms with Gasteiger partial charge in [-0.05, 0) is 31.5 Å². The van der Waals surface area contributed by atoms with Crippen molar-refractivity contribution in [3.05, 3.63) is 28.7 Å². The highest BCUT2D eigenvalue weighted by Crippen LogP contribution is 2.23. The minimum absolute atomic E-state index is 0.0102. The maximum Gasteiger partial charge on any atom is 0.323 e. The number of thioether (sulfide) groups is 1. The molecule has 0 saturated carbocycles. The summed E-state index contributed by atoms with van der Waals surface area (Å²) < 4.78 is 0. The number of carbonyl (C=O) groups is 1. The molecule has 2 heterocycles. The SMILES string of the molecule is CC[C@@H]1CN([C@@H](C)C(=O)Nc2ccc3[nH]c(=O)[nH]c3c2)CCS1. The van der Waals surface area contributed by atoms with Crippen molar-refractivity contribution < 1.29 is 4.79 Å². The van der Waals surface area contributed by atoms with Crippen molar-refractivity contribution in [2.75, 3.05) is 24.2 Å². The summed E-state index contributed by atoms with van der Waals surface area (Å²) in [5, 5.41) is 3.56. The third kappa shape index (κ3) is 3.61. The van der Waals surface area contributed by atoms with E-state index in [1.807, 2.05) is 18.7 Å². The fraction of sp³-hybridized carbons (Fsp3) is 0.500. The number of anilines is 1. The molecule has 1 aromatic heterocycles. The summed E-state index contributed by atoms with van der Waals surface area (Å²) in [5.41, 5.74) is 1.89. The van der Waals surface area contributed by atoms with Crippen LogP contribution in [0.5, 0.6) is 0 Å². The van der Waals surface area contributed by atoms with Gasteiger partial charge in [-0.3, -0.25) is 9.69 Å². The fourth-order valence-corrected chi connectivity index (χ4v) is 4.07. The molecule has 3 rings (SSSR count). The van der Waals surface area contributed by atoms with E-state index >= 15 is 0 Å². The number of nitrogens with one attached hydrogen (secondary N) is 3. The number of hydrogen-bond donors (Lipinski definition) is 3. The molecule has 6 nitrogen and oxygen atoms in total. The number of nitrogens with zero attached hydrogens (tertiary/aromatic N) is 1. The maximum atomic E-state index is 12.5. The van der Waals surface area contributed by atoms with Gasteiger partial charge in [0.2, 0.25) is 5.91 Å². The lowest BCUT2D eigenvalue weighted by atomic mass is 10.2. The summed E-state index contributed by atoms with van der Waals surface area (Å²) in [4.78, 5) is 31.4. The van der Waals surface area contributed by atoms with E-state index in [0.29, 0.717) is 16.5 Å². The first kappa shape index (κ1) is 16.1. The minimum Gasteiger partial charge on any atom is -0.325 e. The Bertz CT molecular complexity index is 754. The number of imidazole rings is 1. The van der Waals surface area contributed by atoms with Gasteiger partial charge in [0.05, 0.1) is 17.1 Å². The predicted octanol–water partition coefficient (Wildman–Crippen LogP) is 2.01. The van der Waals surface area contributed by atoms with Gasteiger partial charge < -0.3 is 15.3 Å². The molecule has 0 radical (unpaired) electrons. The van der Waals surface area contributed by atoms with Crippen LogP contribution < -0.4 is 11.0 Å². The van der Waals surface area contributed by atoms with Gasteiger partial charge in [-0.2, -0.15) is 11.8 Å². The quantitative estimate of drug-likeness (QED) is 0.799. The highest BCUT2D eigenvalue weighted by Gasteiger charge is 2.27. The Kier molecular flexibility index (Phi) is 4.77. The van der Waals surface area contributed by atoms with Gasteiger partial charge in [-0.1, -0.05) is 6.92 Å². The van der Waals surface area contributed by atoms with Crippen molar-refractivity contribution in [1.29, 1.82) is 0 Å². The van der Waals surface area contributed by atoms with Crippen LogP contribution in [0.2, 0.25) is 0 Å². The molecule has 1 aromatic carbocycles. The monoisotopic (exact) mass is 334 g/mol. The Labute approximate surface area is 139 Å². The van der Waals surface area contributed by atoms with E-state index < -0.39 is 0 Å². The molecule has 7 heteroatoms. The Morgan fingerprint density at radius 3 is 3.00 bits per heavy atom. The van der Waals surface area contributed by atoms with E-state index in [2.05, 4.69) is 27.1 Å². The lowest BCUT2D eigenvalue weighted by Gasteiger charge is -2.35. The van der Waals surface area contributed by atoms with Gasteiger partial charge in [0.25, 0.3) is 0 Å². The topological polar surface area (TPSA) is 81.0 Å². The highest BCUT2D eigenvalue weighted by molar-refractivity contribution is 8.00. The zero-order valence-corrected chi connectivity index (χ0v) is 14.2. The Morgan fingerprint density at radius 1 is 1.43 bits per heavy atom. The lowest BCUT2D eigenvalue weighted by Crippen LogP contribution is -2.48. The summed E-state index contributed by atoms with van der Waals surface area (Å²) in [5.74, 6) is 1.07. The number of amides is 1. The summed E-state index contributed by atoms with van der Waals surface area (Å²) in [6.45, 7) is 6.05. The third-order valence-electron chi connectivity index (χ3n) is 4.34. The van der Waals surface area contributed by atoms with Crippen molar-refractivity contribution in [3.63, 3.8) is 0 Å². The van der Waals surface area contributed by atoms with Gasteiger partial charge >= 0.3 is 5.69 Å². The normalized spacial score (nSPS) is 20.5. The number of aromatic amines is 2. The summed E-state index contributed by atoms with van der Waals surface area (Å²) >= 11 is 1.99. The average Bonchev–Trinajstić information content (AvgIpc) is 2.93. The molecule has 1 fully saturated rings. The largest absolute Gasteiger partial charge is 0.325 e. The lowest BCUT2D eigenvalue weighted by molar-refractivity contribution is -0.120. The molecule has 0 aliphatic carbocycles. The minimum atomic E-state index is -0.242. The molecule has 0 spiro atoms.